The van der Waals surface area contributed by atoms with Gasteiger partial charge in [0.25, 0.3) is 0 Å². The number of quaternary nitrogens is 1. The van der Waals surface area contributed by atoms with E-state index < -0.39 is 17.3 Å². The predicted molar refractivity (Wildman–Crippen MR) is 90.4 cm³/mol. The number of halogens is 2. The van der Waals surface area contributed by atoms with E-state index in [4.69, 9.17) is 0 Å². The second-order valence-electron chi connectivity index (χ2n) is 6.66. The lowest BCUT2D eigenvalue weighted by Gasteiger charge is -2.41. The first-order chi connectivity index (χ1) is 11.9. The van der Waals surface area contributed by atoms with Crippen LogP contribution in [0.4, 0.5) is 8.78 Å². The van der Waals surface area contributed by atoms with Crippen molar-refractivity contribution in [1.82, 2.24) is 0 Å². The minimum absolute atomic E-state index is 0.211. The monoisotopic (exact) mass is 346 g/mol. The van der Waals surface area contributed by atoms with Crippen molar-refractivity contribution < 1.29 is 23.6 Å². The van der Waals surface area contributed by atoms with Gasteiger partial charge in [-0.25, -0.2) is 8.78 Å². The van der Waals surface area contributed by atoms with Crippen LogP contribution < -0.4 is 4.90 Å². The molecule has 1 aliphatic heterocycles. The van der Waals surface area contributed by atoms with Gasteiger partial charge in [-0.15, -0.1) is 0 Å². The molecule has 3 nitrogen and oxygen atoms in total. The van der Waals surface area contributed by atoms with E-state index in [9.17, 15) is 18.7 Å². The Kier molecular flexibility index (Phi) is 4.97. The Morgan fingerprint density at radius 1 is 1.12 bits per heavy atom. The number of carbonyl (C=O) groups excluding carboxylic acids is 1. The Morgan fingerprint density at radius 3 is 2.24 bits per heavy atom. The minimum atomic E-state index is -1.35. The number of Topliss-reactive ketones (excluding diaryl/α,β-unsaturated/α-hetero) is 1. The molecule has 1 aliphatic rings. The van der Waals surface area contributed by atoms with Gasteiger partial charge in [0.2, 0.25) is 0 Å². The SMILES string of the molecule is CC[NH+]1CCC(O)(c2ccc(F)cc2)C(C(=O)c2ccc(F)cc2)C1. The second kappa shape index (κ2) is 7.02. The van der Waals surface area contributed by atoms with Gasteiger partial charge in [-0.1, -0.05) is 12.1 Å². The second-order valence-corrected chi connectivity index (χ2v) is 6.66. The molecule has 0 aromatic heterocycles. The number of aliphatic hydroxyl groups is 1. The molecule has 5 heteroatoms. The van der Waals surface area contributed by atoms with Crippen LogP contribution in [0.2, 0.25) is 0 Å². The normalized spacial score (nSPS) is 26.4. The highest BCUT2D eigenvalue weighted by Crippen LogP contribution is 2.36. The molecule has 0 radical (unpaired) electrons. The number of hydrogen-bond acceptors (Lipinski definition) is 2. The Morgan fingerprint density at radius 2 is 1.68 bits per heavy atom. The van der Waals surface area contributed by atoms with Gasteiger partial charge in [0.1, 0.15) is 23.2 Å². The number of ketones is 1. The van der Waals surface area contributed by atoms with Gasteiger partial charge in [0.15, 0.2) is 5.78 Å². The van der Waals surface area contributed by atoms with Crippen LogP contribution in [0.25, 0.3) is 0 Å². The smallest absolute Gasteiger partial charge is 0.174 e. The highest BCUT2D eigenvalue weighted by atomic mass is 19.1. The molecule has 2 N–H and O–H groups in total. The lowest BCUT2D eigenvalue weighted by molar-refractivity contribution is -0.908. The van der Waals surface area contributed by atoms with Crippen molar-refractivity contribution in [2.24, 2.45) is 5.92 Å². The first kappa shape index (κ1) is 17.7. The van der Waals surface area contributed by atoms with Crippen LogP contribution in [0, 0.1) is 17.6 Å². The van der Waals surface area contributed by atoms with Crippen LogP contribution >= 0.6 is 0 Å². The summed E-state index contributed by atoms with van der Waals surface area (Å²) in [5.41, 5.74) is -0.425. The molecule has 0 bridgehead atoms. The van der Waals surface area contributed by atoms with Gasteiger partial charge in [0.05, 0.1) is 19.6 Å². The zero-order chi connectivity index (χ0) is 18.0. The third-order valence-corrected chi connectivity index (χ3v) is 5.22. The lowest BCUT2D eigenvalue weighted by atomic mass is 9.72. The molecule has 3 unspecified atom stereocenters. The highest BCUT2D eigenvalue weighted by Gasteiger charge is 2.48. The van der Waals surface area contributed by atoms with Crippen LogP contribution in [0.1, 0.15) is 29.3 Å². The highest BCUT2D eigenvalue weighted by molar-refractivity contribution is 5.98. The average molecular weight is 346 g/mol. The van der Waals surface area contributed by atoms with E-state index in [1.165, 1.54) is 53.4 Å². The maximum absolute atomic E-state index is 13.3. The van der Waals surface area contributed by atoms with Gasteiger partial charge < -0.3 is 10.0 Å². The minimum Gasteiger partial charge on any atom is -0.384 e. The number of piperidine rings is 1. The van der Waals surface area contributed by atoms with Crippen molar-refractivity contribution in [2.75, 3.05) is 19.6 Å². The third kappa shape index (κ3) is 3.48. The molecule has 3 atom stereocenters. The summed E-state index contributed by atoms with van der Waals surface area (Å²) >= 11 is 0. The van der Waals surface area contributed by atoms with E-state index in [0.717, 1.165) is 13.1 Å². The molecule has 25 heavy (non-hydrogen) atoms. The molecule has 0 saturated carbocycles. The molecule has 0 spiro atoms. The summed E-state index contributed by atoms with van der Waals surface area (Å²) in [6.07, 6.45) is 0.416. The summed E-state index contributed by atoms with van der Waals surface area (Å²) in [6.45, 7) is 4.11. The molecule has 3 rings (SSSR count). The molecule has 132 valence electrons. The number of likely N-dealkylation sites (tertiary alicyclic amines) is 1. The Bertz CT molecular complexity index is 745. The van der Waals surface area contributed by atoms with Crippen LogP contribution in [0.3, 0.4) is 0 Å². The lowest BCUT2D eigenvalue weighted by Crippen LogP contribution is -3.14. The molecule has 2 aromatic rings. The zero-order valence-electron chi connectivity index (χ0n) is 14.1. The van der Waals surface area contributed by atoms with Crippen LogP contribution in [-0.4, -0.2) is 30.5 Å². The Hall–Kier alpha value is -2.11. The van der Waals surface area contributed by atoms with Crippen molar-refractivity contribution in [2.45, 2.75) is 18.9 Å². The van der Waals surface area contributed by atoms with E-state index in [-0.39, 0.29) is 11.6 Å². The molecular formula is C20H22F2NO2+. The number of nitrogens with one attached hydrogen (secondary N) is 1. The number of hydrogen-bond donors (Lipinski definition) is 2. The van der Waals surface area contributed by atoms with Crippen molar-refractivity contribution in [3.05, 3.63) is 71.3 Å². The number of carbonyl (C=O) groups is 1. The largest absolute Gasteiger partial charge is 0.384 e. The van der Waals surface area contributed by atoms with E-state index in [2.05, 4.69) is 0 Å². The van der Waals surface area contributed by atoms with E-state index >= 15 is 0 Å². The zero-order valence-corrected chi connectivity index (χ0v) is 14.1. The first-order valence-corrected chi connectivity index (χ1v) is 8.56. The molecule has 0 amide bonds. The van der Waals surface area contributed by atoms with Crippen LogP contribution in [0.5, 0.6) is 0 Å². The molecule has 2 aromatic carbocycles. The van der Waals surface area contributed by atoms with Gasteiger partial charge >= 0.3 is 0 Å². The van der Waals surface area contributed by atoms with Gasteiger partial charge in [-0.05, 0) is 48.9 Å². The topological polar surface area (TPSA) is 41.7 Å². The standard InChI is InChI=1S/C20H21F2NO2/c1-2-23-12-11-20(25,15-5-9-17(22)10-6-15)18(13-23)19(24)14-3-7-16(21)8-4-14/h3-10,18,25H,2,11-13H2,1H3/p+1. The van der Waals surface area contributed by atoms with Crippen LogP contribution in [-0.2, 0) is 5.60 Å². The van der Waals surface area contributed by atoms with Gasteiger partial charge in [0, 0.05) is 12.0 Å². The van der Waals surface area contributed by atoms with Crippen molar-refractivity contribution >= 4 is 5.78 Å². The molecular weight excluding hydrogens is 324 g/mol. The maximum Gasteiger partial charge on any atom is 0.174 e. The van der Waals surface area contributed by atoms with Gasteiger partial charge in [-0.3, -0.25) is 4.79 Å². The van der Waals surface area contributed by atoms with Crippen molar-refractivity contribution in [3.63, 3.8) is 0 Å². The quantitative estimate of drug-likeness (QED) is 0.831. The average Bonchev–Trinajstić information content (AvgIpc) is 2.62. The predicted octanol–water partition coefficient (Wildman–Crippen LogP) is 1.96. The van der Waals surface area contributed by atoms with E-state index in [0.29, 0.717) is 24.1 Å². The summed E-state index contributed by atoms with van der Waals surface area (Å²) in [7, 11) is 0. The Balaban J connectivity index is 1.98. The summed E-state index contributed by atoms with van der Waals surface area (Å²) in [5, 5.41) is 11.4. The summed E-state index contributed by atoms with van der Waals surface area (Å²) < 4.78 is 26.4. The van der Waals surface area contributed by atoms with E-state index in [1.807, 2.05) is 6.92 Å². The molecule has 1 heterocycles. The fraction of sp³-hybridized carbons (Fsp3) is 0.350. The molecule has 1 fully saturated rings. The molecule has 0 aliphatic carbocycles. The fourth-order valence-electron chi connectivity index (χ4n) is 3.63. The summed E-state index contributed by atoms with van der Waals surface area (Å²) in [5.74, 6) is -1.66. The van der Waals surface area contributed by atoms with Crippen molar-refractivity contribution in [3.8, 4) is 0 Å². The molecule has 1 saturated heterocycles. The maximum atomic E-state index is 13.3. The fourth-order valence-corrected chi connectivity index (χ4v) is 3.63. The number of benzene rings is 2. The summed E-state index contributed by atoms with van der Waals surface area (Å²) in [6, 6.07) is 11.1. The third-order valence-electron chi connectivity index (χ3n) is 5.22. The van der Waals surface area contributed by atoms with Gasteiger partial charge in [-0.2, -0.15) is 0 Å². The van der Waals surface area contributed by atoms with Crippen molar-refractivity contribution in [1.29, 1.82) is 0 Å². The number of rotatable bonds is 4. The first-order valence-electron chi connectivity index (χ1n) is 8.56. The van der Waals surface area contributed by atoms with E-state index in [1.54, 1.807) is 0 Å². The van der Waals surface area contributed by atoms with Crippen LogP contribution in [0.15, 0.2) is 48.5 Å². The summed E-state index contributed by atoms with van der Waals surface area (Å²) in [4.78, 5) is 14.3. The Labute approximate surface area is 145 Å².